The van der Waals surface area contributed by atoms with Crippen LogP contribution in [0.1, 0.15) is 13.8 Å². The quantitative estimate of drug-likeness (QED) is 0.303. The average molecular weight is 328 g/mol. The van der Waals surface area contributed by atoms with Gasteiger partial charge in [-0.25, -0.2) is 9.79 Å². The van der Waals surface area contributed by atoms with Gasteiger partial charge in [0.2, 0.25) is 0 Å². The van der Waals surface area contributed by atoms with Crippen LogP contribution in [0, 0.1) is 5.92 Å². The molecule has 0 aromatic carbocycles. The number of anilines is 1. The normalized spacial score (nSPS) is 15.3. The minimum atomic E-state index is -1.26. The summed E-state index contributed by atoms with van der Waals surface area (Å²) in [6.45, 7) is 2.26. The van der Waals surface area contributed by atoms with Crippen LogP contribution >= 0.6 is 0 Å². The molecule has 0 aliphatic heterocycles. The molecule has 0 bridgehead atoms. The van der Waals surface area contributed by atoms with Crippen molar-refractivity contribution in [2.24, 2.45) is 10.9 Å². The van der Waals surface area contributed by atoms with Gasteiger partial charge in [0.05, 0.1) is 18.4 Å². The van der Waals surface area contributed by atoms with Crippen LogP contribution in [-0.4, -0.2) is 62.6 Å². The van der Waals surface area contributed by atoms with E-state index in [1.807, 2.05) is 4.98 Å². The van der Waals surface area contributed by atoms with E-state index in [2.05, 4.69) is 15.3 Å². The molecule has 10 nitrogen and oxygen atoms in total. The minimum absolute atomic E-state index is 0.0980. The zero-order valence-corrected chi connectivity index (χ0v) is 12.7. The summed E-state index contributed by atoms with van der Waals surface area (Å²) in [5.41, 5.74) is -1.85. The Hall–Kier alpha value is -2.30. The predicted molar refractivity (Wildman–Crippen MR) is 83.3 cm³/mol. The van der Waals surface area contributed by atoms with Crippen molar-refractivity contribution in [1.29, 1.82) is 0 Å². The minimum Gasteiger partial charge on any atom is -0.396 e. The Kier molecular flexibility index (Phi) is 6.82. The van der Waals surface area contributed by atoms with Crippen molar-refractivity contribution in [2.45, 2.75) is 26.1 Å². The highest BCUT2D eigenvalue weighted by atomic mass is 16.3. The molecular formula is C13H20N4O6. The summed E-state index contributed by atoms with van der Waals surface area (Å²) >= 11 is 0. The second-order valence-corrected chi connectivity index (χ2v) is 5.10. The number of hydrogen-bond acceptors (Lipinski definition) is 8. The zero-order chi connectivity index (χ0) is 17.6. The molecule has 0 aliphatic rings. The van der Waals surface area contributed by atoms with Gasteiger partial charge >= 0.3 is 5.69 Å². The first kappa shape index (κ1) is 18.7. The lowest BCUT2D eigenvalue weighted by atomic mass is 10.0. The molecule has 6 N–H and O–H groups in total. The van der Waals surface area contributed by atoms with E-state index in [1.54, 1.807) is 6.92 Å². The number of carbonyl (C=O) groups is 1. The molecule has 0 saturated carbocycles. The summed E-state index contributed by atoms with van der Waals surface area (Å²) in [5.74, 6) is -1.05. The third kappa shape index (κ3) is 5.43. The predicted octanol–water partition coefficient (Wildman–Crippen LogP) is -1.88. The fraction of sp³-hybridized carbons (Fsp3) is 0.538. The molecule has 1 aromatic rings. The molecule has 0 spiro atoms. The van der Waals surface area contributed by atoms with Gasteiger partial charge < -0.3 is 20.6 Å². The third-order valence-electron chi connectivity index (χ3n) is 3.05. The monoisotopic (exact) mass is 328 g/mol. The Labute approximate surface area is 130 Å². The Balaban J connectivity index is 2.97. The first-order chi connectivity index (χ1) is 10.8. The lowest BCUT2D eigenvalue weighted by Crippen LogP contribution is -2.39. The number of H-pyrrole nitrogens is 2. The van der Waals surface area contributed by atoms with Crippen molar-refractivity contribution >= 4 is 23.5 Å². The van der Waals surface area contributed by atoms with Gasteiger partial charge in [-0.2, -0.15) is 0 Å². The SMILES string of the molecule is CC(=O)C=Nc1c(NCC(O)C(O)C(C)CO)[nH]c(=O)[nH]c1=O. The Morgan fingerprint density at radius 2 is 2.00 bits per heavy atom. The van der Waals surface area contributed by atoms with Crippen LogP contribution in [0.15, 0.2) is 14.6 Å². The van der Waals surface area contributed by atoms with Crippen LogP contribution < -0.4 is 16.6 Å². The molecule has 128 valence electrons. The van der Waals surface area contributed by atoms with Crippen molar-refractivity contribution in [1.82, 2.24) is 9.97 Å². The van der Waals surface area contributed by atoms with Crippen LogP contribution in [0.4, 0.5) is 11.5 Å². The number of aliphatic imine (C=N–C) groups is 1. The van der Waals surface area contributed by atoms with E-state index in [0.29, 0.717) is 0 Å². The number of aliphatic hydroxyl groups is 3. The van der Waals surface area contributed by atoms with E-state index in [9.17, 15) is 24.6 Å². The van der Waals surface area contributed by atoms with E-state index in [1.165, 1.54) is 6.92 Å². The first-order valence-electron chi connectivity index (χ1n) is 6.88. The second kappa shape index (κ2) is 8.36. The van der Waals surface area contributed by atoms with E-state index >= 15 is 0 Å². The van der Waals surface area contributed by atoms with Gasteiger partial charge in [0.1, 0.15) is 5.82 Å². The highest BCUT2D eigenvalue weighted by Crippen LogP contribution is 2.15. The largest absolute Gasteiger partial charge is 0.396 e. The lowest BCUT2D eigenvalue weighted by Gasteiger charge is -2.23. The number of carbonyl (C=O) groups excluding carboxylic acids is 1. The van der Waals surface area contributed by atoms with Gasteiger partial charge in [-0.15, -0.1) is 0 Å². The van der Waals surface area contributed by atoms with Gasteiger partial charge in [-0.3, -0.25) is 19.6 Å². The van der Waals surface area contributed by atoms with Crippen molar-refractivity contribution < 1.29 is 20.1 Å². The van der Waals surface area contributed by atoms with Crippen LogP contribution in [0.2, 0.25) is 0 Å². The Morgan fingerprint density at radius 1 is 1.35 bits per heavy atom. The van der Waals surface area contributed by atoms with Gasteiger partial charge in [-0.05, 0) is 0 Å². The third-order valence-corrected chi connectivity index (χ3v) is 3.05. The standard InChI is InChI=1S/C13H20N4O6/c1-6(5-18)10(21)8(20)4-15-11-9(14-3-7(2)19)12(22)17-13(23)16-11/h3,6,8,10,18,20-21H,4-5H2,1-2H3,(H3,15,16,17,22,23). The van der Waals surface area contributed by atoms with Crippen molar-refractivity contribution in [3.05, 3.63) is 20.8 Å². The average Bonchev–Trinajstić information content (AvgIpc) is 2.49. The smallest absolute Gasteiger partial charge is 0.327 e. The number of rotatable bonds is 8. The van der Waals surface area contributed by atoms with Crippen LogP contribution in [0.5, 0.6) is 0 Å². The molecule has 23 heavy (non-hydrogen) atoms. The number of hydrogen-bond donors (Lipinski definition) is 6. The van der Waals surface area contributed by atoms with Crippen molar-refractivity contribution in [3.8, 4) is 0 Å². The molecule has 3 unspecified atom stereocenters. The number of aromatic amines is 2. The summed E-state index contributed by atoms with van der Waals surface area (Å²) in [6, 6.07) is 0. The summed E-state index contributed by atoms with van der Waals surface area (Å²) < 4.78 is 0. The van der Waals surface area contributed by atoms with Gasteiger partial charge in [0.25, 0.3) is 5.56 Å². The molecular weight excluding hydrogens is 308 g/mol. The molecule has 0 saturated heterocycles. The molecule has 1 aromatic heterocycles. The Morgan fingerprint density at radius 3 is 2.57 bits per heavy atom. The van der Waals surface area contributed by atoms with Crippen LogP contribution in [-0.2, 0) is 4.79 Å². The summed E-state index contributed by atoms with van der Waals surface area (Å²) in [5, 5.41) is 31.1. The molecule has 10 heteroatoms. The van der Waals surface area contributed by atoms with Gasteiger partial charge in [0, 0.05) is 26.0 Å². The fourth-order valence-corrected chi connectivity index (χ4v) is 1.70. The number of aromatic nitrogens is 2. The maximum atomic E-state index is 11.7. The van der Waals surface area contributed by atoms with E-state index in [0.717, 1.165) is 6.21 Å². The first-order valence-corrected chi connectivity index (χ1v) is 6.88. The van der Waals surface area contributed by atoms with Gasteiger partial charge in [0.15, 0.2) is 11.5 Å². The van der Waals surface area contributed by atoms with Crippen LogP contribution in [0.25, 0.3) is 0 Å². The van der Waals surface area contributed by atoms with E-state index in [-0.39, 0.29) is 24.7 Å². The maximum Gasteiger partial charge on any atom is 0.327 e. The molecule has 0 aliphatic carbocycles. The lowest BCUT2D eigenvalue weighted by molar-refractivity contribution is -0.110. The molecule has 1 heterocycles. The van der Waals surface area contributed by atoms with Crippen molar-refractivity contribution in [2.75, 3.05) is 18.5 Å². The molecule has 3 atom stereocenters. The van der Waals surface area contributed by atoms with E-state index in [4.69, 9.17) is 5.11 Å². The fourth-order valence-electron chi connectivity index (χ4n) is 1.70. The summed E-state index contributed by atoms with van der Waals surface area (Å²) in [6.07, 6.45) is -1.55. The molecule has 0 fully saturated rings. The Bertz CT molecular complexity index is 680. The maximum absolute atomic E-state index is 11.7. The number of nitrogens with zero attached hydrogens (tertiary/aromatic N) is 1. The molecule has 1 rings (SSSR count). The number of ketones is 1. The number of nitrogens with one attached hydrogen (secondary N) is 3. The highest BCUT2D eigenvalue weighted by molar-refractivity contribution is 6.26. The highest BCUT2D eigenvalue weighted by Gasteiger charge is 2.22. The van der Waals surface area contributed by atoms with Crippen LogP contribution in [0.3, 0.4) is 0 Å². The molecule has 0 amide bonds. The summed E-state index contributed by atoms with van der Waals surface area (Å²) in [7, 11) is 0. The number of aliphatic hydroxyl groups excluding tert-OH is 3. The van der Waals surface area contributed by atoms with E-state index < -0.39 is 35.2 Å². The molecule has 0 radical (unpaired) electrons. The second-order valence-electron chi connectivity index (χ2n) is 5.10. The topological polar surface area (TPSA) is 168 Å². The summed E-state index contributed by atoms with van der Waals surface area (Å²) in [4.78, 5) is 41.9. The zero-order valence-electron chi connectivity index (χ0n) is 12.7. The van der Waals surface area contributed by atoms with Gasteiger partial charge in [-0.1, -0.05) is 6.92 Å². The van der Waals surface area contributed by atoms with Crippen molar-refractivity contribution in [3.63, 3.8) is 0 Å². The number of Topliss-reactive ketones (excluding diaryl/α,β-unsaturated/α-hetero) is 1.